The van der Waals surface area contributed by atoms with Crippen molar-refractivity contribution in [3.63, 3.8) is 0 Å². The number of aliphatic hydroxyl groups is 3. The van der Waals surface area contributed by atoms with Gasteiger partial charge in [-0.05, 0) is 110 Å². The molecular formula is C30H52O3. The van der Waals surface area contributed by atoms with E-state index in [2.05, 4.69) is 41.5 Å². The van der Waals surface area contributed by atoms with Crippen molar-refractivity contribution >= 4 is 0 Å². The maximum Gasteiger partial charge on any atom is 0.0764 e. The highest BCUT2D eigenvalue weighted by atomic mass is 16.3. The molecule has 8 atom stereocenters. The molecule has 0 amide bonds. The molecule has 190 valence electrons. The third-order valence-electron chi connectivity index (χ3n) is 11.9. The van der Waals surface area contributed by atoms with Gasteiger partial charge in [-0.3, -0.25) is 0 Å². The van der Waals surface area contributed by atoms with E-state index in [-0.39, 0.29) is 33.9 Å². The van der Waals surface area contributed by atoms with Crippen LogP contribution < -0.4 is 0 Å². The molecule has 2 fully saturated rings. The van der Waals surface area contributed by atoms with E-state index >= 15 is 0 Å². The fourth-order valence-corrected chi connectivity index (χ4v) is 9.78. The Labute approximate surface area is 203 Å². The van der Waals surface area contributed by atoms with E-state index in [0.717, 1.165) is 51.4 Å². The smallest absolute Gasteiger partial charge is 0.0764 e. The van der Waals surface area contributed by atoms with Crippen LogP contribution in [-0.2, 0) is 0 Å². The molecule has 4 rings (SSSR count). The zero-order valence-corrected chi connectivity index (χ0v) is 22.8. The second kappa shape index (κ2) is 8.07. The summed E-state index contributed by atoms with van der Waals surface area (Å²) < 4.78 is 0. The number of hydrogen-bond acceptors (Lipinski definition) is 3. The summed E-state index contributed by atoms with van der Waals surface area (Å²) in [6, 6.07) is 0. The van der Waals surface area contributed by atoms with Gasteiger partial charge in [-0.2, -0.15) is 0 Å². The van der Waals surface area contributed by atoms with Crippen LogP contribution in [0.25, 0.3) is 0 Å². The van der Waals surface area contributed by atoms with Gasteiger partial charge in [0.25, 0.3) is 0 Å². The van der Waals surface area contributed by atoms with Gasteiger partial charge in [-0.25, -0.2) is 0 Å². The van der Waals surface area contributed by atoms with Gasteiger partial charge in [-0.1, -0.05) is 60.0 Å². The van der Waals surface area contributed by atoms with Crippen molar-refractivity contribution in [3.8, 4) is 0 Å². The highest BCUT2D eigenvalue weighted by Crippen LogP contribution is 2.72. The van der Waals surface area contributed by atoms with Crippen LogP contribution in [-0.4, -0.2) is 33.1 Å². The Morgan fingerprint density at radius 1 is 1.00 bits per heavy atom. The van der Waals surface area contributed by atoms with Crippen molar-refractivity contribution in [2.75, 3.05) is 0 Å². The van der Waals surface area contributed by atoms with Crippen molar-refractivity contribution in [2.45, 2.75) is 137 Å². The fourth-order valence-electron chi connectivity index (χ4n) is 9.78. The normalized spacial score (nSPS) is 45.9. The molecule has 0 bridgehead atoms. The third kappa shape index (κ3) is 3.78. The van der Waals surface area contributed by atoms with E-state index in [1.165, 1.54) is 18.4 Å². The molecule has 0 heterocycles. The summed E-state index contributed by atoms with van der Waals surface area (Å²) in [7, 11) is 0. The maximum absolute atomic E-state index is 11.8. The molecule has 0 aliphatic heterocycles. The van der Waals surface area contributed by atoms with Crippen LogP contribution in [0.2, 0.25) is 0 Å². The van der Waals surface area contributed by atoms with Crippen LogP contribution in [0.3, 0.4) is 0 Å². The molecule has 0 radical (unpaired) electrons. The van der Waals surface area contributed by atoms with Crippen LogP contribution in [0, 0.1) is 39.4 Å². The molecule has 3 nitrogen and oxygen atoms in total. The summed E-state index contributed by atoms with van der Waals surface area (Å²) in [5, 5.41) is 32.8. The molecule has 0 aromatic heterocycles. The van der Waals surface area contributed by atoms with Gasteiger partial charge in [-0.15, -0.1) is 0 Å². The van der Waals surface area contributed by atoms with Gasteiger partial charge in [0.2, 0.25) is 0 Å². The SMILES string of the molecule is C[C@H](CCCC(C)(C)O)[C@H]1CC[C@@]2(C)C3=C(C(O)C[C@]12C)[C@@]1(C)CC[C@H](O)C(C)(C)[C@@H]1CC3. The Bertz CT molecular complexity index is 791. The van der Waals surface area contributed by atoms with Crippen LogP contribution >= 0.6 is 0 Å². The molecule has 3 N–H and O–H groups in total. The Morgan fingerprint density at radius 2 is 1.67 bits per heavy atom. The lowest BCUT2D eigenvalue weighted by Crippen LogP contribution is -2.57. The van der Waals surface area contributed by atoms with Crippen LogP contribution in [0.1, 0.15) is 120 Å². The monoisotopic (exact) mass is 460 g/mol. The lowest BCUT2D eigenvalue weighted by atomic mass is 9.42. The fraction of sp³-hybridized carbons (Fsp3) is 0.933. The maximum atomic E-state index is 11.8. The highest BCUT2D eigenvalue weighted by molar-refractivity contribution is 5.41. The van der Waals surface area contributed by atoms with Gasteiger partial charge in [0.1, 0.15) is 0 Å². The van der Waals surface area contributed by atoms with Crippen molar-refractivity contribution in [1.29, 1.82) is 0 Å². The standard InChI is InChI=1S/C30H52O3/c1-19(10-9-15-26(2,3)33)20-13-17-29(7)21-11-12-23-27(4,5)24(32)14-16-28(23,6)25(21)22(31)18-30(20,29)8/h19-20,22-24,31-33H,9-18H2,1-8H3/t19-,20-,22?,23+,24+,28+,29+,30-/m1/s1. The second-order valence-corrected chi connectivity index (χ2v) is 14.6. The number of fused-ring (bicyclic) bond motifs is 4. The largest absolute Gasteiger partial charge is 0.393 e. The van der Waals surface area contributed by atoms with Crippen molar-refractivity contribution in [2.24, 2.45) is 39.4 Å². The first kappa shape index (κ1) is 25.7. The van der Waals surface area contributed by atoms with Crippen molar-refractivity contribution in [1.82, 2.24) is 0 Å². The van der Waals surface area contributed by atoms with E-state index in [9.17, 15) is 15.3 Å². The number of rotatable bonds is 5. The molecule has 0 aromatic rings. The minimum atomic E-state index is -0.579. The van der Waals surface area contributed by atoms with Gasteiger partial charge in [0, 0.05) is 0 Å². The minimum Gasteiger partial charge on any atom is -0.393 e. The Hall–Kier alpha value is -0.380. The third-order valence-corrected chi connectivity index (χ3v) is 11.9. The molecule has 1 unspecified atom stereocenters. The minimum absolute atomic E-state index is 0.0104. The first-order valence-electron chi connectivity index (χ1n) is 13.9. The van der Waals surface area contributed by atoms with Crippen LogP contribution in [0.4, 0.5) is 0 Å². The quantitative estimate of drug-likeness (QED) is 0.403. The molecule has 0 aromatic carbocycles. The van der Waals surface area contributed by atoms with Crippen LogP contribution in [0.5, 0.6) is 0 Å². The van der Waals surface area contributed by atoms with Gasteiger partial charge in [0.05, 0.1) is 17.8 Å². The predicted octanol–water partition coefficient (Wildman–Crippen LogP) is 6.64. The number of hydrogen-bond donors (Lipinski definition) is 3. The van der Waals surface area contributed by atoms with Gasteiger partial charge < -0.3 is 15.3 Å². The summed E-state index contributed by atoms with van der Waals surface area (Å²) in [5.41, 5.74) is 2.62. The van der Waals surface area contributed by atoms with Crippen molar-refractivity contribution < 1.29 is 15.3 Å². The molecule has 3 heteroatoms. The summed E-state index contributed by atoms with van der Waals surface area (Å²) >= 11 is 0. The number of aliphatic hydroxyl groups excluding tert-OH is 2. The summed E-state index contributed by atoms with van der Waals surface area (Å²) in [5.74, 6) is 1.68. The molecule has 4 aliphatic rings. The van der Waals surface area contributed by atoms with E-state index in [1.54, 1.807) is 5.57 Å². The topological polar surface area (TPSA) is 60.7 Å². The number of allylic oxidation sites excluding steroid dienone is 1. The first-order valence-corrected chi connectivity index (χ1v) is 13.9. The lowest BCUT2D eigenvalue weighted by molar-refractivity contribution is -0.107. The second-order valence-electron chi connectivity index (χ2n) is 14.6. The van der Waals surface area contributed by atoms with Crippen LogP contribution in [0.15, 0.2) is 11.1 Å². The van der Waals surface area contributed by atoms with E-state index in [0.29, 0.717) is 17.8 Å². The summed E-state index contributed by atoms with van der Waals surface area (Å²) in [6.07, 6.45) is 9.97. The van der Waals surface area contributed by atoms with E-state index < -0.39 is 5.60 Å². The zero-order valence-electron chi connectivity index (χ0n) is 22.8. The average molecular weight is 461 g/mol. The molecular weight excluding hydrogens is 408 g/mol. The lowest BCUT2D eigenvalue weighted by Gasteiger charge is -2.63. The molecule has 2 saturated carbocycles. The van der Waals surface area contributed by atoms with E-state index in [4.69, 9.17) is 0 Å². The van der Waals surface area contributed by atoms with Gasteiger partial charge >= 0.3 is 0 Å². The van der Waals surface area contributed by atoms with Crippen molar-refractivity contribution in [3.05, 3.63) is 11.1 Å². The molecule has 0 spiro atoms. The Morgan fingerprint density at radius 3 is 2.30 bits per heavy atom. The Kier molecular flexibility index (Phi) is 6.28. The highest BCUT2D eigenvalue weighted by Gasteiger charge is 2.65. The average Bonchev–Trinajstić information content (AvgIpc) is 2.95. The summed E-state index contributed by atoms with van der Waals surface area (Å²) in [6.45, 7) is 18.2. The van der Waals surface area contributed by atoms with E-state index in [1.807, 2.05) is 13.8 Å². The molecule has 0 saturated heterocycles. The Balaban J connectivity index is 1.65. The van der Waals surface area contributed by atoms with Gasteiger partial charge in [0.15, 0.2) is 0 Å². The first-order chi connectivity index (χ1) is 15.1. The predicted molar refractivity (Wildman–Crippen MR) is 136 cm³/mol. The molecule has 4 aliphatic carbocycles. The summed E-state index contributed by atoms with van der Waals surface area (Å²) in [4.78, 5) is 0. The zero-order chi connectivity index (χ0) is 24.6. The molecule has 33 heavy (non-hydrogen) atoms.